The van der Waals surface area contributed by atoms with E-state index in [-0.39, 0.29) is 30.9 Å². The van der Waals surface area contributed by atoms with Crippen molar-refractivity contribution >= 4 is 24.9 Å². The van der Waals surface area contributed by atoms with Crippen LogP contribution in [0.3, 0.4) is 0 Å². The maximum absolute atomic E-state index is 12.0. The Bertz CT molecular complexity index is 839. The summed E-state index contributed by atoms with van der Waals surface area (Å²) in [6.07, 6.45) is -1.65. The lowest BCUT2D eigenvalue weighted by Crippen LogP contribution is -2.34. The minimum absolute atomic E-state index is 0.0323. The molecule has 4 unspecified atom stereocenters. The summed E-state index contributed by atoms with van der Waals surface area (Å²) in [7, 11) is -4.69. The second-order valence-corrected chi connectivity index (χ2v) is 7.75. The number of alkyl halides is 1. The average Bonchev–Trinajstić information content (AvgIpc) is 2.96. The van der Waals surface area contributed by atoms with Gasteiger partial charge in [-0.15, -0.1) is 11.6 Å². The van der Waals surface area contributed by atoms with Crippen LogP contribution < -0.4 is 11.2 Å². The Balaban J connectivity index is 2.09. The molecule has 11 nitrogen and oxygen atoms in total. The maximum atomic E-state index is 12.0. The molecule has 0 saturated carbocycles. The van der Waals surface area contributed by atoms with Gasteiger partial charge in [0.2, 0.25) is 0 Å². The Morgan fingerprint density at radius 2 is 2.22 bits per heavy atom. The van der Waals surface area contributed by atoms with Crippen LogP contribution in [0.5, 0.6) is 0 Å². The number of hydrogen-bond acceptors (Lipinski definition) is 8. The first kappa shape index (κ1) is 21.8. The number of carbonyl (C=O) groups excluding carboxylic acids is 1. The molecule has 152 valence electrons. The first-order valence-corrected chi connectivity index (χ1v) is 10.2. The number of ether oxygens (including phenoxy) is 2. The zero-order valence-electron chi connectivity index (χ0n) is 14.4. The summed E-state index contributed by atoms with van der Waals surface area (Å²) in [4.78, 5) is 46.8. The van der Waals surface area contributed by atoms with Gasteiger partial charge in [0.25, 0.3) is 5.56 Å². The Morgan fingerprint density at radius 3 is 2.85 bits per heavy atom. The van der Waals surface area contributed by atoms with Crippen molar-refractivity contribution in [3.63, 3.8) is 0 Å². The van der Waals surface area contributed by atoms with Gasteiger partial charge in [-0.3, -0.25) is 18.9 Å². The molecule has 27 heavy (non-hydrogen) atoms. The maximum Gasteiger partial charge on any atom is 0.435 e. The summed E-state index contributed by atoms with van der Waals surface area (Å²) < 4.78 is 27.4. The van der Waals surface area contributed by atoms with Gasteiger partial charge in [0.05, 0.1) is 19.3 Å². The molecule has 3 N–H and O–H groups in total. The van der Waals surface area contributed by atoms with Gasteiger partial charge in [-0.25, -0.2) is 14.2 Å². The van der Waals surface area contributed by atoms with E-state index >= 15 is 0 Å². The number of aryl methyl sites for hydroxylation is 1. The lowest BCUT2D eigenvalue weighted by Gasteiger charge is -2.18. The summed E-state index contributed by atoms with van der Waals surface area (Å²) in [6, 6.07) is 0. The molecule has 0 radical (unpaired) electrons. The fourth-order valence-electron chi connectivity index (χ4n) is 2.49. The zero-order chi connectivity index (χ0) is 20.2. The zero-order valence-corrected chi connectivity index (χ0v) is 16.0. The van der Waals surface area contributed by atoms with Crippen LogP contribution in [0.25, 0.3) is 0 Å². The van der Waals surface area contributed by atoms with Gasteiger partial charge in [-0.2, -0.15) is 0 Å². The number of aliphatic hydroxyl groups excluding tert-OH is 1. The third-order valence-corrected chi connectivity index (χ3v) is 5.11. The Morgan fingerprint density at radius 1 is 1.52 bits per heavy atom. The van der Waals surface area contributed by atoms with Gasteiger partial charge >= 0.3 is 19.0 Å². The molecule has 2 rings (SSSR count). The van der Waals surface area contributed by atoms with Crippen LogP contribution in [0.4, 0.5) is 4.79 Å². The molecular formula is C14H20ClN2O9P. The van der Waals surface area contributed by atoms with Gasteiger partial charge in [-0.1, -0.05) is 0 Å². The summed E-state index contributed by atoms with van der Waals surface area (Å²) in [5, 5.41) is 10.1. The minimum Gasteiger partial charge on any atom is -0.457 e. The van der Waals surface area contributed by atoms with E-state index in [1.165, 1.54) is 13.1 Å². The van der Waals surface area contributed by atoms with Crippen LogP contribution in [0, 0.1) is 0 Å². The van der Waals surface area contributed by atoms with E-state index in [9.17, 15) is 28.9 Å². The molecule has 1 saturated heterocycles. The van der Waals surface area contributed by atoms with Crippen LogP contribution in [0.1, 0.15) is 25.1 Å². The summed E-state index contributed by atoms with van der Waals surface area (Å²) in [5.74, 6) is 0.172. The molecule has 0 aliphatic carbocycles. The number of halogens is 1. The number of aromatic amines is 1. The molecule has 0 aromatic carbocycles. The standard InChI is InChI=1S/C14H20ClN2O9P/c1-2-24-14(21)27(22,23)25-7-10-9(18)5-11(26-10)17-6-8(3-4-15)12(19)16-13(17)20/h6,9-11,18H,2-5,7H2,1H3,(H,22,23)(H,16,19,20). The summed E-state index contributed by atoms with van der Waals surface area (Å²) >= 11 is 5.62. The highest BCUT2D eigenvalue weighted by Gasteiger charge is 2.39. The van der Waals surface area contributed by atoms with Gasteiger partial charge in [0, 0.05) is 24.1 Å². The largest absolute Gasteiger partial charge is 0.457 e. The van der Waals surface area contributed by atoms with Gasteiger partial charge < -0.3 is 19.5 Å². The van der Waals surface area contributed by atoms with Crippen LogP contribution >= 0.6 is 19.2 Å². The number of hydrogen-bond donors (Lipinski definition) is 3. The number of nitrogens with zero attached hydrogens (tertiary/aromatic N) is 1. The number of aromatic nitrogens is 2. The molecule has 1 aromatic heterocycles. The molecule has 1 aliphatic heterocycles. The van der Waals surface area contributed by atoms with Crippen molar-refractivity contribution in [2.75, 3.05) is 19.1 Å². The highest BCUT2D eigenvalue weighted by atomic mass is 35.5. The second-order valence-electron chi connectivity index (χ2n) is 5.71. The topological polar surface area (TPSA) is 157 Å². The lowest BCUT2D eigenvalue weighted by atomic mass is 10.2. The second kappa shape index (κ2) is 9.13. The molecule has 0 amide bonds. The predicted octanol–water partition coefficient (Wildman–Crippen LogP) is 0.325. The van der Waals surface area contributed by atoms with Crippen molar-refractivity contribution in [1.82, 2.24) is 9.55 Å². The van der Waals surface area contributed by atoms with E-state index in [2.05, 4.69) is 14.2 Å². The molecule has 13 heteroatoms. The van der Waals surface area contributed by atoms with Gasteiger partial charge in [0.15, 0.2) is 0 Å². The Hall–Kier alpha value is -1.49. The first-order chi connectivity index (χ1) is 12.7. The quantitative estimate of drug-likeness (QED) is 0.393. The molecule has 1 aliphatic rings. The molecule has 1 fully saturated rings. The lowest BCUT2D eigenvalue weighted by molar-refractivity contribution is -0.0424. The third-order valence-electron chi connectivity index (χ3n) is 3.83. The fourth-order valence-corrected chi connectivity index (χ4v) is 3.44. The number of H-pyrrole nitrogens is 1. The smallest absolute Gasteiger partial charge is 0.435 e. The van der Waals surface area contributed by atoms with Crippen molar-refractivity contribution < 1.29 is 33.4 Å². The SMILES string of the molecule is CCOC(=O)P(=O)(O)OCC1OC(n2cc(CCCl)c(=O)[nH]c2=O)CC1O. The molecule has 0 bridgehead atoms. The highest BCUT2D eigenvalue weighted by molar-refractivity contribution is 7.70. The fraction of sp³-hybridized carbons (Fsp3) is 0.643. The molecular weight excluding hydrogens is 407 g/mol. The molecule has 2 heterocycles. The predicted molar refractivity (Wildman–Crippen MR) is 93.1 cm³/mol. The van der Waals surface area contributed by atoms with Crippen molar-refractivity contribution in [2.24, 2.45) is 0 Å². The van der Waals surface area contributed by atoms with Crippen LogP contribution in [0.2, 0.25) is 0 Å². The summed E-state index contributed by atoms with van der Waals surface area (Å²) in [5.41, 5.74) is -2.44. The number of nitrogens with one attached hydrogen (secondary N) is 1. The van der Waals surface area contributed by atoms with Crippen molar-refractivity contribution in [1.29, 1.82) is 0 Å². The molecule has 1 aromatic rings. The third kappa shape index (κ3) is 5.28. The van der Waals surface area contributed by atoms with E-state index in [0.29, 0.717) is 0 Å². The van der Waals surface area contributed by atoms with Crippen LogP contribution in [0.15, 0.2) is 15.8 Å². The minimum atomic E-state index is -4.69. The molecule has 0 spiro atoms. The highest BCUT2D eigenvalue weighted by Crippen LogP contribution is 2.45. The van der Waals surface area contributed by atoms with Gasteiger partial charge in [0.1, 0.15) is 12.3 Å². The summed E-state index contributed by atoms with van der Waals surface area (Å²) in [6.45, 7) is 0.792. The van der Waals surface area contributed by atoms with Gasteiger partial charge in [-0.05, 0) is 13.3 Å². The Labute approximate surface area is 158 Å². The number of rotatable bonds is 8. The van der Waals surface area contributed by atoms with E-state index in [1.54, 1.807) is 0 Å². The van der Waals surface area contributed by atoms with Crippen LogP contribution in [-0.4, -0.2) is 56.6 Å². The number of aliphatic hydroxyl groups is 1. The normalized spacial score (nSPS) is 24.5. The van der Waals surface area contributed by atoms with Crippen LogP contribution in [-0.2, 0) is 25.0 Å². The van der Waals surface area contributed by atoms with Crippen molar-refractivity contribution in [3.05, 3.63) is 32.6 Å². The Kier molecular flexibility index (Phi) is 7.38. The molecule has 4 atom stereocenters. The van der Waals surface area contributed by atoms with E-state index < -0.39 is 49.6 Å². The van der Waals surface area contributed by atoms with E-state index in [0.717, 1.165) is 4.57 Å². The average molecular weight is 427 g/mol. The van der Waals surface area contributed by atoms with Crippen molar-refractivity contribution in [3.8, 4) is 0 Å². The van der Waals surface area contributed by atoms with Crippen molar-refractivity contribution in [2.45, 2.75) is 38.2 Å². The monoisotopic (exact) mass is 426 g/mol. The van der Waals surface area contributed by atoms with E-state index in [4.69, 9.17) is 16.3 Å². The number of carbonyl (C=O) groups is 1. The first-order valence-electron chi connectivity index (χ1n) is 8.08. The van der Waals surface area contributed by atoms with E-state index in [1.807, 2.05) is 0 Å².